The molecule has 0 aliphatic rings. The fraction of sp³-hybridized carbons (Fsp3) is 0.903. The van der Waals surface area contributed by atoms with E-state index in [0.29, 0.717) is 53.8 Å². The second kappa shape index (κ2) is 74.3. The molecule has 0 saturated carbocycles. The van der Waals surface area contributed by atoms with Gasteiger partial charge in [-0.25, -0.2) is 0 Å². The van der Waals surface area contributed by atoms with E-state index in [1.807, 2.05) is 0 Å². The summed E-state index contributed by atoms with van der Waals surface area (Å²) < 4.78 is 0. The number of carboxylic acids is 6. The molecular formula is C62H114O12S3Si2. The van der Waals surface area contributed by atoms with Gasteiger partial charge in [0.25, 0.3) is 0 Å². The zero-order chi connectivity index (χ0) is 60.3. The molecule has 0 N–H and O–H groups in total. The average Bonchev–Trinajstić information content (AvgIpc) is 3.40. The molecule has 0 aromatic carbocycles. The Kier molecular flexibility index (Phi) is 81.0. The first-order valence-electron chi connectivity index (χ1n) is 31.3. The van der Waals surface area contributed by atoms with Gasteiger partial charge in [-0.1, -0.05) is 213 Å². The number of carboxylic acid groups (broad SMARTS) is 6. The van der Waals surface area contributed by atoms with E-state index in [1.165, 1.54) is 215 Å². The van der Waals surface area contributed by atoms with Crippen LogP contribution in [0.4, 0.5) is 0 Å². The Morgan fingerprint density at radius 3 is 0.608 bits per heavy atom. The van der Waals surface area contributed by atoms with Gasteiger partial charge in [-0.05, 0) is 55.8 Å². The maximum absolute atomic E-state index is 11.1. The standard InChI is InChI=1S/3C18H34O4S.2C4H9Si/c3*1-2-3-4-5-6-7-8-9-10-11-12-16(18(21)22)15-23-14-13-17(19)20;2*1-2-3-4-5/h3*16H,2-15H2,1H3,(H,19,20)(H,21,22);2*2-4H2,1H3/q;;;2*+3/p-6. The second-order valence-electron chi connectivity index (χ2n) is 20.8. The van der Waals surface area contributed by atoms with Crippen LogP contribution in [0.1, 0.15) is 291 Å². The molecule has 0 bridgehead atoms. The fourth-order valence-electron chi connectivity index (χ4n) is 7.94. The second-order valence-corrected chi connectivity index (χ2v) is 25.2. The van der Waals surface area contributed by atoms with Gasteiger partial charge in [-0.3, -0.25) is 0 Å². The number of hydrogen-bond acceptors (Lipinski definition) is 15. The summed E-state index contributed by atoms with van der Waals surface area (Å²) in [5.74, 6) is -5.15. The van der Waals surface area contributed by atoms with Crippen molar-refractivity contribution in [3.8, 4) is 0 Å². The van der Waals surface area contributed by atoms with Crippen molar-refractivity contribution in [1.82, 2.24) is 0 Å². The first-order valence-corrected chi connectivity index (χ1v) is 36.2. The molecular weight excluding hydrogens is 1090 g/mol. The summed E-state index contributed by atoms with van der Waals surface area (Å²) in [6, 6.07) is 2.30. The van der Waals surface area contributed by atoms with Crippen molar-refractivity contribution in [2.45, 2.75) is 304 Å². The number of hydrogen-bond donors (Lipinski definition) is 0. The van der Waals surface area contributed by atoms with Crippen molar-refractivity contribution in [2.75, 3.05) is 34.5 Å². The molecule has 0 aromatic heterocycles. The molecule has 0 saturated heterocycles. The molecule has 17 heteroatoms. The number of aliphatic carboxylic acids is 6. The van der Waals surface area contributed by atoms with Crippen molar-refractivity contribution in [1.29, 1.82) is 0 Å². The van der Waals surface area contributed by atoms with Crippen LogP contribution in [0.15, 0.2) is 0 Å². The van der Waals surface area contributed by atoms with E-state index in [4.69, 9.17) is 0 Å². The third kappa shape index (κ3) is 82.9. The summed E-state index contributed by atoms with van der Waals surface area (Å²) in [6.07, 6.45) is 43.9. The van der Waals surface area contributed by atoms with E-state index in [9.17, 15) is 59.4 Å². The molecule has 0 aliphatic heterocycles. The minimum atomic E-state index is -1.09. The monoisotopic (exact) mass is 1200 g/mol. The molecule has 0 spiro atoms. The molecule has 12 nitrogen and oxygen atoms in total. The van der Waals surface area contributed by atoms with Gasteiger partial charge >= 0.3 is 72.1 Å². The zero-order valence-corrected chi connectivity index (χ0v) is 55.2. The van der Waals surface area contributed by atoms with Crippen molar-refractivity contribution >= 4 is 91.6 Å². The van der Waals surface area contributed by atoms with E-state index in [-0.39, 0.29) is 19.3 Å². The molecule has 0 heterocycles. The normalized spacial score (nSPS) is 11.8. The number of carbonyl (C=O) groups is 6. The predicted molar refractivity (Wildman–Crippen MR) is 327 cm³/mol. The van der Waals surface area contributed by atoms with Gasteiger partial charge < -0.3 is 59.4 Å². The van der Waals surface area contributed by atoms with Gasteiger partial charge in [0, 0.05) is 70.8 Å². The van der Waals surface area contributed by atoms with E-state index >= 15 is 0 Å². The van der Waals surface area contributed by atoms with Crippen LogP contribution < -0.4 is 30.6 Å². The van der Waals surface area contributed by atoms with Crippen LogP contribution in [0.25, 0.3) is 0 Å². The molecule has 0 aliphatic carbocycles. The molecule has 79 heavy (non-hydrogen) atoms. The van der Waals surface area contributed by atoms with Crippen molar-refractivity contribution in [2.24, 2.45) is 17.8 Å². The Balaban J connectivity index is -0.000000317. The van der Waals surface area contributed by atoms with Crippen LogP contribution in [0.5, 0.6) is 0 Å². The molecule has 0 aromatic rings. The molecule has 0 radical (unpaired) electrons. The summed E-state index contributed by atoms with van der Waals surface area (Å²) in [6.45, 7) is 11.0. The first kappa shape index (κ1) is 86.1. The van der Waals surface area contributed by atoms with E-state index in [2.05, 4.69) is 55.1 Å². The zero-order valence-electron chi connectivity index (χ0n) is 50.8. The molecule has 0 rings (SSSR count). The van der Waals surface area contributed by atoms with Crippen molar-refractivity contribution in [3.63, 3.8) is 0 Å². The van der Waals surface area contributed by atoms with E-state index in [0.717, 1.165) is 50.6 Å². The van der Waals surface area contributed by atoms with Gasteiger partial charge in [-0.15, -0.1) is 0 Å². The Hall–Kier alpha value is -1.70. The van der Waals surface area contributed by atoms with Crippen LogP contribution in [-0.2, 0) is 28.8 Å². The number of rotatable bonds is 55. The first-order chi connectivity index (χ1) is 38.1. The third-order valence-electron chi connectivity index (χ3n) is 13.1. The van der Waals surface area contributed by atoms with Crippen LogP contribution in [0.2, 0.25) is 12.1 Å². The number of thioether (sulfide) groups is 3. The summed E-state index contributed by atoms with van der Waals surface area (Å²) in [7, 11) is 6.70. The topological polar surface area (TPSA) is 241 Å². The quantitative estimate of drug-likeness (QED) is 0.0406. The SMILES string of the molecule is CCCCCCCCCCCCC(CSCCC(=O)[O-])C(=O)[O-].CCCCCCCCCCCCC(CSCCC(=O)[O-])C(=O)[O-].CCCCCCCCCCCCC(CSCCC(=O)[O-])C(=O)[O-].CCCC[Si+3].CCCC[Si+3]. The van der Waals surface area contributed by atoms with Crippen LogP contribution in [0, 0.1) is 17.8 Å². The van der Waals surface area contributed by atoms with Gasteiger partial charge in [0.05, 0.1) is 0 Å². The number of carbonyl (C=O) groups excluding carboxylic acids is 6. The molecule has 0 fully saturated rings. The van der Waals surface area contributed by atoms with Gasteiger partial charge in [0.15, 0.2) is 0 Å². The molecule has 3 unspecified atom stereocenters. The van der Waals surface area contributed by atoms with Crippen LogP contribution in [0.3, 0.4) is 0 Å². The van der Waals surface area contributed by atoms with E-state index < -0.39 is 53.6 Å². The van der Waals surface area contributed by atoms with Crippen molar-refractivity contribution in [3.05, 3.63) is 0 Å². The average molecular weight is 1200 g/mol. The minimum absolute atomic E-state index is 0.0251. The Morgan fingerprint density at radius 2 is 0.468 bits per heavy atom. The van der Waals surface area contributed by atoms with E-state index in [1.54, 1.807) is 0 Å². The van der Waals surface area contributed by atoms with Gasteiger partial charge in [-0.2, -0.15) is 35.3 Å². The van der Waals surface area contributed by atoms with Gasteiger partial charge in [0.1, 0.15) is 0 Å². The molecule has 3 atom stereocenters. The fourth-order valence-corrected chi connectivity index (χ4v) is 11.8. The van der Waals surface area contributed by atoms with Crippen LogP contribution in [-0.4, -0.2) is 90.8 Å². The summed E-state index contributed by atoms with van der Waals surface area (Å²) >= 11 is 4.07. The Bertz CT molecular complexity index is 1170. The summed E-state index contributed by atoms with van der Waals surface area (Å²) in [4.78, 5) is 64.1. The summed E-state index contributed by atoms with van der Waals surface area (Å²) in [5.41, 5.74) is 0. The molecule has 460 valence electrons. The number of unbranched alkanes of at least 4 members (excludes halogenated alkanes) is 29. The third-order valence-corrected chi connectivity index (χ3v) is 17.2. The predicted octanol–water partition coefficient (Wildman–Crippen LogP) is 10.4. The maximum atomic E-state index is 11.1. The Morgan fingerprint density at radius 1 is 0.291 bits per heavy atom. The van der Waals surface area contributed by atoms with Crippen molar-refractivity contribution < 1.29 is 59.4 Å². The molecule has 0 amide bonds. The summed E-state index contributed by atoms with van der Waals surface area (Å²) in [5, 5.41) is 64.1. The van der Waals surface area contributed by atoms with Crippen LogP contribution >= 0.6 is 35.3 Å². The Labute approximate surface area is 503 Å². The van der Waals surface area contributed by atoms with Gasteiger partial charge in [0.2, 0.25) is 0 Å².